The number of rotatable bonds is 58. The van der Waals surface area contributed by atoms with Crippen LogP contribution in [-0.2, 0) is 65.4 Å². The van der Waals surface area contributed by atoms with Crippen LogP contribution >= 0.6 is 15.6 Å². The Morgan fingerprint density at radius 1 is 0.350 bits per heavy atom. The molecule has 0 amide bonds. The molecule has 0 radical (unpaired) electrons. The lowest BCUT2D eigenvalue weighted by Crippen LogP contribution is -2.30. The Labute approximate surface area is 486 Å². The second kappa shape index (κ2) is 51.5. The van der Waals surface area contributed by atoms with Crippen LogP contribution in [0.5, 0.6) is 0 Å². The van der Waals surface area contributed by atoms with Crippen LogP contribution in [0.15, 0.2) is 0 Å². The summed E-state index contributed by atoms with van der Waals surface area (Å²) in [6.45, 7) is 13.8. The van der Waals surface area contributed by atoms with E-state index in [0.29, 0.717) is 31.6 Å². The molecule has 0 fully saturated rings. The predicted octanol–water partition coefficient (Wildman–Crippen LogP) is 16.2. The zero-order valence-electron chi connectivity index (χ0n) is 51.7. The zero-order valence-corrected chi connectivity index (χ0v) is 53.5. The van der Waals surface area contributed by atoms with Gasteiger partial charge in [0.25, 0.3) is 0 Å². The third-order valence-electron chi connectivity index (χ3n) is 14.5. The van der Waals surface area contributed by atoms with E-state index in [1.54, 1.807) is 0 Å². The number of carbonyl (C=O) groups excluding carboxylic acids is 4. The first-order valence-electron chi connectivity index (χ1n) is 31.8. The smallest absolute Gasteiger partial charge is 0.462 e. The molecule has 0 aromatic heterocycles. The minimum Gasteiger partial charge on any atom is -0.462 e. The molecular weight excluding hydrogens is 1070 g/mol. The SMILES string of the molecule is CCC(C)CCCCCCCCC(=O)OC[C@H](COP(=O)(O)OC[C@H](O)COP(=O)(O)OC[C@@H](COC(=O)CCCCCCCCC(C)C)OC(=O)CCCCCCCCCCC(C)C)OC(=O)CCCCCCCCC(C)CC. The minimum atomic E-state index is -4.94. The molecule has 0 bridgehead atoms. The summed E-state index contributed by atoms with van der Waals surface area (Å²) in [5.74, 6) is 0.700. The number of phosphoric acid groups is 2. The number of esters is 4. The number of hydrogen-bond acceptors (Lipinski definition) is 15. The van der Waals surface area contributed by atoms with E-state index in [2.05, 4.69) is 55.4 Å². The number of ether oxygens (including phenoxy) is 4. The van der Waals surface area contributed by atoms with Crippen molar-refractivity contribution in [2.45, 2.75) is 305 Å². The van der Waals surface area contributed by atoms with E-state index in [9.17, 15) is 43.2 Å². The second-order valence-electron chi connectivity index (χ2n) is 23.5. The molecule has 0 saturated heterocycles. The summed E-state index contributed by atoms with van der Waals surface area (Å²) in [7, 11) is -9.88. The monoisotopic (exact) mass is 1180 g/mol. The molecule has 0 aliphatic heterocycles. The van der Waals surface area contributed by atoms with Gasteiger partial charge in [-0.25, -0.2) is 9.13 Å². The van der Waals surface area contributed by atoms with Gasteiger partial charge in [0.15, 0.2) is 12.2 Å². The van der Waals surface area contributed by atoms with Gasteiger partial charge in [0.05, 0.1) is 26.4 Å². The van der Waals surface area contributed by atoms with Gasteiger partial charge in [0, 0.05) is 25.7 Å². The van der Waals surface area contributed by atoms with E-state index in [4.69, 9.17) is 37.0 Å². The summed E-state index contributed by atoms with van der Waals surface area (Å²) < 4.78 is 67.8. The molecule has 0 aliphatic rings. The van der Waals surface area contributed by atoms with Crippen molar-refractivity contribution < 1.29 is 80.2 Å². The molecule has 0 rings (SSSR count). The molecule has 474 valence electrons. The summed E-state index contributed by atoms with van der Waals surface area (Å²) in [4.78, 5) is 72.0. The van der Waals surface area contributed by atoms with E-state index >= 15 is 0 Å². The van der Waals surface area contributed by atoms with E-state index in [1.165, 1.54) is 77.0 Å². The summed E-state index contributed by atoms with van der Waals surface area (Å²) in [6, 6.07) is 0. The van der Waals surface area contributed by atoms with Gasteiger partial charge in [-0.3, -0.25) is 37.3 Å². The fraction of sp³-hybridized carbons (Fsp3) is 0.934. The van der Waals surface area contributed by atoms with Crippen LogP contribution < -0.4 is 0 Å². The van der Waals surface area contributed by atoms with Crippen LogP contribution in [0, 0.1) is 23.7 Å². The number of hydrogen-bond donors (Lipinski definition) is 3. The Bertz CT molecular complexity index is 1610. The van der Waals surface area contributed by atoms with Crippen molar-refractivity contribution in [1.29, 1.82) is 0 Å². The zero-order chi connectivity index (χ0) is 59.7. The fourth-order valence-electron chi connectivity index (χ4n) is 8.83. The first-order chi connectivity index (χ1) is 38.2. The van der Waals surface area contributed by atoms with Crippen LogP contribution in [0.1, 0.15) is 287 Å². The molecule has 0 saturated carbocycles. The molecular formula is C61H118O17P2. The summed E-state index contributed by atoms with van der Waals surface area (Å²) in [5.41, 5.74) is 0. The Balaban J connectivity index is 5.26. The van der Waals surface area contributed by atoms with Crippen molar-refractivity contribution in [1.82, 2.24) is 0 Å². The lowest BCUT2D eigenvalue weighted by atomic mass is 10.00. The van der Waals surface area contributed by atoms with E-state index in [0.717, 1.165) is 120 Å². The average molecular weight is 1190 g/mol. The molecule has 0 heterocycles. The minimum absolute atomic E-state index is 0.101. The maximum atomic E-state index is 12.9. The van der Waals surface area contributed by atoms with Gasteiger partial charge in [-0.15, -0.1) is 0 Å². The standard InChI is InChI=1S/C61H118O17P2/c1-9-53(7)39-31-23-16-19-26-34-42-59(64)72-48-57(78-61(66)44-36-28-20-17-24-32-40-54(8)10-2)50-76-80(69,70)74-46-55(62)45-73-79(67,68)75-49-56(47-71-58(63)41-33-25-18-15-22-30-38-52(5)6)77-60(65)43-35-27-14-12-11-13-21-29-37-51(3)4/h51-57,62H,9-50H2,1-8H3,(H,67,68)(H,69,70)/t53?,54?,55-,56-,57-/m1/s1. The molecule has 7 atom stereocenters. The van der Waals surface area contributed by atoms with Crippen molar-refractivity contribution in [3.8, 4) is 0 Å². The second-order valence-corrected chi connectivity index (χ2v) is 26.4. The van der Waals surface area contributed by atoms with Gasteiger partial charge < -0.3 is 33.8 Å². The molecule has 3 N–H and O–H groups in total. The lowest BCUT2D eigenvalue weighted by Gasteiger charge is -2.21. The average Bonchev–Trinajstić information content (AvgIpc) is 3.41. The number of unbranched alkanes of at least 4 members (excludes halogenated alkanes) is 22. The van der Waals surface area contributed by atoms with Crippen molar-refractivity contribution in [3.63, 3.8) is 0 Å². The van der Waals surface area contributed by atoms with Gasteiger partial charge in [-0.2, -0.15) is 0 Å². The molecule has 0 spiro atoms. The highest BCUT2D eigenvalue weighted by Crippen LogP contribution is 2.45. The topological polar surface area (TPSA) is 237 Å². The molecule has 0 aliphatic carbocycles. The van der Waals surface area contributed by atoms with Gasteiger partial charge in [-0.05, 0) is 49.4 Å². The maximum absolute atomic E-state index is 12.9. The Morgan fingerprint density at radius 3 is 0.887 bits per heavy atom. The quantitative estimate of drug-likeness (QED) is 0.0222. The normalized spacial score (nSPS) is 15.2. The molecule has 19 heteroatoms. The predicted molar refractivity (Wildman–Crippen MR) is 317 cm³/mol. The van der Waals surface area contributed by atoms with Gasteiger partial charge in [0.1, 0.15) is 19.3 Å². The summed E-state index contributed by atoms with van der Waals surface area (Å²) in [5, 5.41) is 10.5. The highest BCUT2D eigenvalue weighted by molar-refractivity contribution is 7.47. The van der Waals surface area contributed by atoms with Gasteiger partial charge in [0.2, 0.25) is 0 Å². The van der Waals surface area contributed by atoms with Crippen molar-refractivity contribution in [2.75, 3.05) is 39.6 Å². The molecule has 0 aromatic carbocycles. The summed E-state index contributed by atoms with van der Waals surface area (Å²) >= 11 is 0. The van der Waals surface area contributed by atoms with Crippen LogP contribution in [0.2, 0.25) is 0 Å². The molecule has 0 aromatic rings. The van der Waals surface area contributed by atoms with E-state index in [-0.39, 0.29) is 25.7 Å². The fourth-order valence-corrected chi connectivity index (χ4v) is 10.4. The van der Waals surface area contributed by atoms with Crippen LogP contribution in [-0.4, -0.2) is 96.7 Å². The first kappa shape index (κ1) is 78.1. The first-order valence-corrected chi connectivity index (χ1v) is 34.8. The van der Waals surface area contributed by atoms with Crippen LogP contribution in [0.3, 0.4) is 0 Å². The molecule has 80 heavy (non-hydrogen) atoms. The Morgan fingerprint density at radius 2 is 0.600 bits per heavy atom. The highest BCUT2D eigenvalue weighted by atomic mass is 31.2. The number of phosphoric ester groups is 2. The third kappa shape index (κ3) is 52.8. The molecule has 17 nitrogen and oxygen atoms in total. The van der Waals surface area contributed by atoms with Crippen molar-refractivity contribution in [3.05, 3.63) is 0 Å². The van der Waals surface area contributed by atoms with Crippen molar-refractivity contribution >= 4 is 39.5 Å². The molecule has 4 unspecified atom stereocenters. The Hall–Kier alpha value is -1.94. The van der Waals surface area contributed by atoms with Gasteiger partial charge in [-0.1, -0.05) is 235 Å². The maximum Gasteiger partial charge on any atom is 0.472 e. The van der Waals surface area contributed by atoms with E-state index < -0.39 is 97.5 Å². The number of aliphatic hydroxyl groups excluding tert-OH is 1. The van der Waals surface area contributed by atoms with Crippen LogP contribution in [0.4, 0.5) is 0 Å². The third-order valence-corrected chi connectivity index (χ3v) is 16.4. The lowest BCUT2D eigenvalue weighted by molar-refractivity contribution is -0.161. The number of aliphatic hydroxyl groups is 1. The van der Waals surface area contributed by atoms with Gasteiger partial charge >= 0.3 is 39.5 Å². The Kier molecular flexibility index (Phi) is 50.2. The summed E-state index contributed by atoms with van der Waals surface area (Å²) in [6.07, 6.45) is 29.6. The largest absolute Gasteiger partial charge is 0.472 e. The number of carbonyl (C=O) groups is 4. The highest BCUT2D eigenvalue weighted by Gasteiger charge is 2.30. The van der Waals surface area contributed by atoms with Crippen LogP contribution in [0.25, 0.3) is 0 Å². The van der Waals surface area contributed by atoms with Crippen molar-refractivity contribution in [2.24, 2.45) is 23.7 Å². The van der Waals surface area contributed by atoms with E-state index in [1.807, 2.05) is 0 Å².